The Labute approximate surface area is 101 Å². The van der Waals surface area contributed by atoms with Crippen LogP contribution in [0.4, 0.5) is 8.78 Å². The zero-order chi connectivity index (χ0) is 12.1. The average molecular weight is 240 g/mol. The fraction of sp³-hybridized carbons (Fsp3) is 0.538. The van der Waals surface area contributed by atoms with Gasteiger partial charge in [0.2, 0.25) is 0 Å². The van der Waals surface area contributed by atoms with Crippen LogP contribution in [0, 0.1) is 11.6 Å². The lowest BCUT2D eigenvalue weighted by atomic mass is 10.2. The number of halogens is 2. The number of nitrogens with zero attached hydrogens (tertiary/aromatic N) is 1. The first-order chi connectivity index (χ1) is 8.25. The van der Waals surface area contributed by atoms with Crippen LogP contribution in [0.2, 0.25) is 0 Å². The molecule has 1 fully saturated rings. The van der Waals surface area contributed by atoms with Gasteiger partial charge in [0.25, 0.3) is 0 Å². The monoisotopic (exact) mass is 240 g/mol. The van der Waals surface area contributed by atoms with Gasteiger partial charge in [-0.3, -0.25) is 0 Å². The van der Waals surface area contributed by atoms with Gasteiger partial charge in [-0.05, 0) is 44.1 Å². The van der Waals surface area contributed by atoms with Crippen LogP contribution in [-0.2, 0) is 6.54 Å². The van der Waals surface area contributed by atoms with E-state index in [4.69, 9.17) is 0 Å². The SMILES string of the molecule is Fc1ccc(F)c(CNCCN2CCCC2)c1. The van der Waals surface area contributed by atoms with Gasteiger partial charge in [0.1, 0.15) is 11.6 Å². The topological polar surface area (TPSA) is 15.3 Å². The highest BCUT2D eigenvalue weighted by atomic mass is 19.1. The van der Waals surface area contributed by atoms with Gasteiger partial charge in [-0.1, -0.05) is 0 Å². The summed E-state index contributed by atoms with van der Waals surface area (Å²) in [5.74, 6) is -0.734. The Bertz CT molecular complexity index is 362. The van der Waals surface area contributed by atoms with Crippen molar-refractivity contribution in [3.05, 3.63) is 35.4 Å². The molecule has 2 nitrogen and oxygen atoms in total. The van der Waals surface area contributed by atoms with E-state index in [1.165, 1.54) is 25.0 Å². The Balaban J connectivity index is 1.72. The third kappa shape index (κ3) is 3.75. The molecular formula is C13H18F2N2. The molecule has 0 radical (unpaired) electrons. The lowest BCUT2D eigenvalue weighted by Gasteiger charge is -2.14. The highest BCUT2D eigenvalue weighted by Gasteiger charge is 2.10. The largest absolute Gasteiger partial charge is 0.311 e. The highest BCUT2D eigenvalue weighted by Crippen LogP contribution is 2.09. The molecule has 0 bridgehead atoms. The first kappa shape index (κ1) is 12.5. The smallest absolute Gasteiger partial charge is 0.127 e. The van der Waals surface area contributed by atoms with E-state index in [9.17, 15) is 8.78 Å². The Morgan fingerprint density at radius 2 is 1.94 bits per heavy atom. The molecule has 0 spiro atoms. The van der Waals surface area contributed by atoms with E-state index < -0.39 is 0 Å². The molecule has 0 aromatic heterocycles. The van der Waals surface area contributed by atoms with Gasteiger partial charge in [-0.25, -0.2) is 8.78 Å². The summed E-state index contributed by atoms with van der Waals surface area (Å²) < 4.78 is 26.2. The van der Waals surface area contributed by atoms with Crippen LogP contribution in [0.3, 0.4) is 0 Å². The standard InChI is InChI=1S/C13H18F2N2/c14-12-3-4-13(15)11(9-12)10-16-5-8-17-6-1-2-7-17/h3-4,9,16H,1-2,5-8,10H2. The van der Waals surface area contributed by atoms with Crippen molar-refractivity contribution in [2.24, 2.45) is 0 Å². The van der Waals surface area contributed by atoms with Gasteiger partial charge in [-0.15, -0.1) is 0 Å². The molecule has 1 saturated heterocycles. The van der Waals surface area contributed by atoms with Crippen LogP contribution in [0.5, 0.6) is 0 Å². The zero-order valence-electron chi connectivity index (χ0n) is 9.88. The molecule has 1 aromatic rings. The van der Waals surface area contributed by atoms with Crippen molar-refractivity contribution < 1.29 is 8.78 Å². The molecule has 0 atom stereocenters. The number of hydrogen-bond donors (Lipinski definition) is 1. The van der Waals surface area contributed by atoms with Crippen molar-refractivity contribution in [3.8, 4) is 0 Å². The van der Waals surface area contributed by atoms with Gasteiger partial charge in [0, 0.05) is 25.2 Å². The molecule has 2 rings (SSSR count). The van der Waals surface area contributed by atoms with E-state index in [0.29, 0.717) is 12.1 Å². The highest BCUT2D eigenvalue weighted by molar-refractivity contribution is 5.18. The maximum atomic E-state index is 13.3. The minimum absolute atomic E-state index is 0.347. The molecule has 1 N–H and O–H groups in total. The molecule has 17 heavy (non-hydrogen) atoms. The summed E-state index contributed by atoms with van der Waals surface area (Å²) in [7, 11) is 0. The summed E-state index contributed by atoms with van der Waals surface area (Å²) in [5.41, 5.74) is 0.395. The molecular weight excluding hydrogens is 222 g/mol. The third-order valence-electron chi connectivity index (χ3n) is 3.13. The maximum Gasteiger partial charge on any atom is 0.127 e. The number of nitrogens with one attached hydrogen (secondary N) is 1. The summed E-state index contributed by atoms with van der Waals surface area (Å²) in [5, 5.41) is 3.15. The summed E-state index contributed by atoms with van der Waals surface area (Å²) in [6.07, 6.45) is 2.55. The summed E-state index contributed by atoms with van der Waals surface area (Å²) in [4.78, 5) is 2.38. The van der Waals surface area contributed by atoms with Crippen molar-refractivity contribution in [1.29, 1.82) is 0 Å². The van der Waals surface area contributed by atoms with Gasteiger partial charge >= 0.3 is 0 Å². The minimum atomic E-state index is -0.386. The van der Waals surface area contributed by atoms with Crippen molar-refractivity contribution in [1.82, 2.24) is 10.2 Å². The van der Waals surface area contributed by atoms with Crippen LogP contribution in [0.25, 0.3) is 0 Å². The van der Waals surface area contributed by atoms with E-state index in [2.05, 4.69) is 10.2 Å². The van der Waals surface area contributed by atoms with E-state index in [1.54, 1.807) is 0 Å². The molecule has 0 amide bonds. The molecule has 0 unspecified atom stereocenters. The number of likely N-dealkylation sites (tertiary alicyclic amines) is 1. The minimum Gasteiger partial charge on any atom is -0.311 e. The van der Waals surface area contributed by atoms with Gasteiger partial charge < -0.3 is 10.2 Å². The molecule has 0 aliphatic carbocycles. The number of rotatable bonds is 5. The first-order valence-corrected chi connectivity index (χ1v) is 6.13. The summed E-state index contributed by atoms with van der Waals surface area (Å²) in [6, 6.07) is 3.56. The predicted molar refractivity (Wildman–Crippen MR) is 63.7 cm³/mol. The molecule has 0 saturated carbocycles. The Morgan fingerprint density at radius 1 is 1.18 bits per heavy atom. The summed E-state index contributed by atoms with van der Waals surface area (Å²) in [6.45, 7) is 4.51. The normalized spacial score (nSPS) is 16.6. The number of hydrogen-bond acceptors (Lipinski definition) is 2. The second kappa shape index (κ2) is 6.07. The maximum absolute atomic E-state index is 13.3. The Hall–Kier alpha value is -1.00. The molecule has 4 heteroatoms. The fourth-order valence-corrected chi connectivity index (χ4v) is 2.15. The van der Waals surface area contributed by atoms with Crippen LogP contribution in [0.1, 0.15) is 18.4 Å². The van der Waals surface area contributed by atoms with Crippen LogP contribution in [0.15, 0.2) is 18.2 Å². The van der Waals surface area contributed by atoms with Gasteiger partial charge in [0.15, 0.2) is 0 Å². The van der Waals surface area contributed by atoms with Crippen LogP contribution >= 0.6 is 0 Å². The van der Waals surface area contributed by atoms with Gasteiger partial charge in [-0.2, -0.15) is 0 Å². The van der Waals surface area contributed by atoms with Crippen molar-refractivity contribution in [2.45, 2.75) is 19.4 Å². The van der Waals surface area contributed by atoms with E-state index in [1.807, 2.05) is 0 Å². The lowest BCUT2D eigenvalue weighted by molar-refractivity contribution is 0.335. The van der Waals surface area contributed by atoms with E-state index >= 15 is 0 Å². The summed E-state index contributed by atoms with van der Waals surface area (Å²) >= 11 is 0. The van der Waals surface area contributed by atoms with Crippen molar-refractivity contribution >= 4 is 0 Å². The molecule has 1 heterocycles. The average Bonchev–Trinajstić information content (AvgIpc) is 2.82. The van der Waals surface area contributed by atoms with Crippen LogP contribution in [-0.4, -0.2) is 31.1 Å². The zero-order valence-corrected chi connectivity index (χ0v) is 9.88. The second-order valence-corrected chi connectivity index (χ2v) is 4.46. The number of benzene rings is 1. The fourth-order valence-electron chi connectivity index (χ4n) is 2.15. The van der Waals surface area contributed by atoms with E-state index in [0.717, 1.165) is 32.2 Å². The third-order valence-corrected chi connectivity index (χ3v) is 3.13. The van der Waals surface area contributed by atoms with E-state index in [-0.39, 0.29) is 11.6 Å². The van der Waals surface area contributed by atoms with Crippen molar-refractivity contribution in [3.63, 3.8) is 0 Å². The van der Waals surface area contributed by atoms with Gasteiger partial charge in [0.05, 0.1) is 0 Å². The molecule has 1 aromatic carbocycles. The first-order valence-electron chi connectivity index (χ1n) is 6.13. The predicted octanol–water partition coefficient (Wildman–Crippen LogP) is 2.15. The Kier molecular flexibility index (Phi) is 4.45. The van der Waals surface area contributed by atoms with Crippen LogP contribution < -0.4 is 5.32 Å². The quantitative estimate of drug-likeness (QED) is 0.793. The second-order valence-electron chi connectivity index (χ2n) is 4.46. The lowest BCUT2D eigenvalue weighted by Crippen LogP contribution is -2.29. The Morgan fingerprint density at radius 3 is 2.71 bits per heavy atom. The van der Waals surface area contributed by atoms with Crippen molar-refractivity contribution in [2.75, 3.05) is 26.2 Å². The molecule has 1 aliphatic heterocycles. The molecule has 94 valence electrons. The molecule has 1 aliphatic rings.